The number of nitrogens with two attached hydrogens (primary N) is 2. The third-order valence-electron chi connectivity index (χ3n) is 22.8. The molecule has 0 radical (unpaired) electrons. The number of carbonyl (C=O) groups excluding carboxylic acids is 15. The maximum Gasteiger partial charge on any atom is 0.246 e. The van der Waals surface area contributed by atoms with Gasteiger partial charge in [-0.2, -0.15) is 0 Å². The second-order valence-electron chi connectivity index (χ2n) is 32.2. The van der Waals surface area contributed by atoms with E-state index in [1.165, 1.54) is 16.8 Å². The zero-order valence-electron chi connectivity index (χ0n) is 69.0. The summed E-state index contributed by atoms with van der Waals surface area (Å²) >= 11 is 0. The Morgan fingerprint density at radius 3 is 1.87 bits per heavy atom. The minimum Gasteiger partial charge on any atom is -0.394 e. The van der Waals surface area contributed by atoms with Crippen LogP contribution in [0.2, 0.25) is 0 Å². The summed E-state index contributed by atoms with van der Waals surface area (Å²) in [6.07, 6.45) is 4.09. The Morgan fingerprint density at radius 1 is 0.647 bits per heavy atom. The van der Waals surface area contributed by atoms with E-state index in [0.29, 0.717) is 32.1 Å². The number of rotatable bonds is 29. The largest absolute Gasteiger partial charge is 0.394 e. The molecule has 1 saturated carbocycles. The van der Waals surface area contributed by atoms with Gasteiger partial charge in [0.25, 0.3) is 0 Å². The Kier molecular flexibility index (Phi) is 37.8. The number of guanidine groups is 1. The number of benzene rings is 1. The first kappa shape index (κ1) is 96.0. The Bertz CT molecular complexity index is 3620. The van der Waals surface area contributed by atoms with E-state index in [2.05, 4.69) is 69.1 Å². The van der Waals surface area contributed by atoms with Crippen LogP contribution in [0.3, 0.4) is 0 Å². The lowest BCUT2D eigenvalue weighted by atomic mass is 9.84. The number of hydrogen-bond donors (Lipinski definition) is 18. The summed E-state index contributed by atoms with van der Waals surface area (Å²) < 4.78 is -1.57. The maximum absolute atomic E-state index is 15.9. The number of likely N-dealkylation sites (tertiary alicyclic amines) is 1. The molecule has 5 aliphatic rings. The third-order valence-corrected chi connectivity index (χ3v) is 26.1. The van der Waals surface area contributed by atoms with E-state index in [1.807, 2.05) is 6.07 Å². The number of likely N-dealkylation sites (N-methyl/N-ethyl adjacent to an activating group) is 1. The van der Waals surface area contributed by atoms with Crippen LogP contribution in [0.5, 0.6) is 0 Å². The second-order valence-corrected chi connectivity index (χ2v) is 35.2. The molecule has 0 bridgehead atoms. The molecule has 15 amide bonds. The number of aliphatic hydroxyl groups excluding tert-OH is 2. The predicted octanol–water partition coefficient (Wildman–Crippen LogP) is -1.62. The summed E-state index contributed by atoms with van der Waals surface area (Å²) in [5.74, 6) is -15.7. The van der Waals surface area contributed by atoms with E-state index < -0.39 is 233 Å². The lowest BCUT2D eigenvalue weighted by molar-refractivity contribution is -0.150. The van der Waals surface area contributed by atoms with Crippen molar-refractivity contribution >= 4 is 116 Å². The average molecular weight is 1670 g/mol. The molecule has 1 aliphatic carbocycles. The molecule has 4 heterocycles. The highest BCUT2D eigenvalue weighted by Gasteiger charge is 2.53. The summed E-state index contributed by atoms with van der Waals surface area (Å²) in [4.78, 5) is 225. The van der Waals surface area contributed by atoms with E-state index in [4.69, 9.17) is 16.9 Å². The fraction of sp³-hybridized carbons (Fsp3) is 0.718. The van der Waals surface area contributed by atoms with Crippen molar-refractivity contribution in [2.75, 3.05) is 45.6 Å². The van der Waals surface area contributed by atoms with Crippen LogP contribution in [0.4, 0.5) is 0 Å². The lowest BCUT2D eigenvalue weighted by Crippen LogP contribution is -2.64. The number of fused-ring (bicyclic) bond motifs is 4. The number of nitrogens with zero attached hydrogens (tertiary/aromatic N) is 3. The fourth-order valence-corrected chi connectivity index (χ4v) is 18.0. The quantitative estimate of drug-likeness (QED) is 0.0186. The van der Waals surface area contributed by atoms with Gasteiger partial charge in [-0.3, -0.25) is 77.3 Å². The molecule has 116 heavy (non-hydrogen) atoms. The third kappa shape index (κ3) is 26.6. The van der Waals surface area contributed by atoms with E-state index in [-0.39, 0.29) is 89.4 Å². The van der Waals surface area contributed by atoms with E-state index in [1.54, 1.807) is 105 Å². The SMILES string of the molecule is CC[C@H](C)[C@H](NC(=O)[C@H](C)NC)C(=O)N[C@H]1CSSC(C)(C)[C@@H](C(=O)N[C@H](C(=O)N2CCC[C@H]2C(=O)N[C@@H](CC(=O)NCc2ccccc2)C(N)=O)[C@@H](C)CC)NC(=O)[C@H]([C@@H](C)CC)NC(=O)[C@@H]2C[C@@H]3CCCC[C@@H]3N2C(=O)[C@@H]2CCCN2C(=O)[C@H](CC(C)C)NC(=O)[C@H](CO)NC(=O)[C@H](CCCNC(=N)N)NC(=O)[C@H](CO)NC1=O. The van der Waals surface area contributed by atoms with Gasteiger partial charge < -0.3 is 105 Å². The van der Waals surface area contributed by atoms with Gasteiger partial charge >= 0.3 is 0 Å². The molecule has 4 aliphatic heterocycles. The number of carbonyl (C=O) groups is 15. The zero-order chi connectivity index (χ0) is 86.0. The Balaban J connectivity index is 1.47. The molecular formula is C78H127N19O17S2. The van der Waals surface area contributed by atoms with Gasteiger partial charge in [-0.25, -0.2) is 0 Å². The molecule has 4 saturated heterocycles. The second kappa shape index (κ2) is 45.7. The molecular weight excluding hydrogens is 1540 g/mol. The van der Waals surface area contributed by atoms with Gasteiger partial charge in [0.1, 0.15) is 78.5 Å². The van der Waals surface area contributed by atoms with Crippen LogP contribution in [0.15, 0.2) is 30.3 Å². The first-order chi connectivity index (χ1) is 54.9. The van der Waals surface area contributed by atoms with Crippen LogP contribution >= 0.6 is 21.6 Å². The number of nitrogens with one attached hydrogen (secondary N) is 14. The number of hydrogen-bond acceptors (Lipinski definition) is 21. The standard InChI is InChI=1S/C78H127N19O17S2/c1-13-42(6)59(91-64(102)45(9)82-12)71(109)90-53-40-115-116-78(10,11)62(73(111)93-61(44(8)15-3)76(114)95-32-22-29-55(95)69(107)86-49(63(79)101)36-58(100)84-37-46-24-17-16-18-25-46)94-72(110)60(43(7)14-2)92-70(108)57-35-47-26-19-20-28-54(47)97(57)75(113)56-30-23-33-96(56)74(112)50(34-41(4)5)87-67(105)52(39-99)88-65(103)48(27-21-31-83-77(80)81)85-66(104)51(38-98)89-68(53)106/h16-18,24-25,41-45,47-57,59-62,82,98-99H,13-15,19-23,26-40H2,1-12H3,(H2,79,101)(H,84,100)(H,85,104)(H,86,107)(H,87,105)(H,88,103)(H,89,106)(H,90,109)(H,91,102)(H,92,108)(H,93,111)(H,94,110)(H4,80,81,83)/t42-,43-,44-,45-,47-,48-,49-,50-,51-,52-,53-,54-,55-,56-,57-,59-,60-,61-,62+/m0/s1. The van der Waals surface area contributed by atoms with Gasteiger partial charge in [-0.05, 0) is 127 Å². The van der Waals surface area contributed by atoms with Crippen LogP contribution < -0.4 is 80.6 Å². The summed E-state index contributed by atoms with van der Waals surface area (Å²) in [5, 5.41) is 64.6. The highest BCUT2D eigenvalue weighted by molar-refractivity contribution is 8.77. The fourth-order valence-electron chi connectivity index (χ4n) is 15.2. The lowest BCUT2D eigenvalue weighted by Gasteiger charge is -2.39. The molecule has 0 aromatic heterocycles. The minimum absolute atomic E-state index is 0.0102. The van der Waals surface area contributed by atoms with Gasteiger partial charge in [0.05, 0.1) is 25.7 Å². The van der Waals surface area contributed by atoms with Crippen LogP contribution in [-0.2, 0) is 78.5 Å². The molecule has 1 aromatic carbocycles. The van der Waals surface area contributed by atoms with E-state index in [9.17, 15) is 48.6 Å². The van der Waals surface area contributed by atoms with Crippen molar-refractivity contribution in [3.63, 3.8) is 0 Å². The summed E-state index contributed by atoms with van der Waals surface area (Å²) in [6, 6.07) is -11.3. The Labute approximate surface area is 687 Å². The molecule has 648 valence electrons. The molecule has 5 fully saturated rings. The van der Waals surface area contributed by atoms with Crippen LogP contribution in [-0.4, -0.2) is 261 Å². The van der Waals surface area contributed by atoms with Gasteiger partial charge in [-0.1, -0.05) is 139 Å². The van der Waals surface area contributed by atoms with Crippen molar-refractivity contribution in [1.82, 2.24) is 83.8 Å². The molecule has 36 nitrogen and oxygen atoms in total. The monoisotopic (exact) mass is 1670 g/mol. The topological polar surface area (TPSA) is 539 Å². The molecule has 6 rings (SSSR count). The number of aliphatic hydroxyl groups is 2. The molecule has 0 spiro atoms. The first-order valence-electron chi connectivity index (χ1n) is 40.8. The van der Waals surface area contributed by atoms with Crippen molar-refractivity contribution < 1.29 is 82.1 Å². The van der Waals surface area contributed by atoms with Crippen LogP contribution in [0.1, 0.15) is 184 Å². The average Bonchev–Trinajstić information content (AvgIpc) is 1.61. The normalized spacial score (nSPS) is 26.7. The minimum atomic E-state index is -1.90. The summed E-state index contributed by atoms with van der Waals surface area (Å²) in [6.45, 7) is 16.8. The summed E-state index contributed by atoms with van der Waals surface area (Å²) in [7, 11) is 3.36. The highest BCUT2D eigenvalue weighted by Crippen LogP contribution is 2.42. The maximum atomic E-state index is 15.9. The van der Waals surface area contributed by atoms with Gasteiger partial charge in [0, 0.05) is 42.7 Å². The van der Waals surface area contributed by atoms with Crippen molar-refractivity contribution in [3.8, 4) is 0 Å². The number of amides is 15. The van der Waals surface area contributed by atoms with Gasteiger partial charge in [-0.15, -0.1) is 0 Å². The van der Waals surface area contributed by atoms with Gasteiger partial charge in [0.15, 0.2) is 5.96 Å². The molecule has 38 heteroatoms. The number of primary amides is 1. The van der Waals surface area contributed by atoms with Gasteiger partial charge in [0.2, 0.25) is 88.6 Å². The zero-order valence-corrected chi connectivity index (χ0v) is 70.7. The van der Waals surface area contributed by atoms with Crippen molar-refractivity contribution in [2.45, 2.75) is 281 Å². The molecule has 1 aromatic rings. The Morgan fingerprint density at radius 2 is 1.26 bits per heavy atom. The molecule has 0 unspecified atom stereocenters. The predicted molar refractivity (Wildman–Crippen MR) is 436 cm³/mol. The summed E-state index contributed by atoms with van der Waals surface area (Å²) in [5.41, 5.74) is 12.1. The van der Waals surface area contributed by atoms with Crippen molar-refractivity contribution in [2.24, 2.45) is 41.1 Å². The molecule has 20 N–H and O–H groups in total. The van der Waals surface area contributed by atoms with Crippen LogP contribution in [0.25, 0.3) is 0 Å². The Hall–Kier alpha value is -8.88. The van der Waals surface area contributed by atoms with Crippen molar-refractivity contribution in [1.29, 1.82) is 5.41 Å². The van der Waals surface area contributed by atoms with E-state index >= 15 is 33.6 Å². The molecule has 19 atom stereocenters. The highest BCUT2D eigenvalue weighted by atomic mass is 33.1. The van der Waals surface area contributed by atoms with Crippen LogP contribution in [0, 0.1) is 35.0 Å². The van der Waals surface area contributed by atoms with E-state index in [0.717, 1.165) is 40.0 Å². The first-order valence-corrected chi connectivity index (χ1v) is 43.1. The van der Waals surface area contributed by atoms with Crippen molar-refractivity contribution in [3.05, 3.63) is 35.9 Å². The smallest absolute Gasteiger partial charge is 0.246 e.